The summed E-state index contributed by atoms with van der Waals surface area (Å²) in [6, 6.07) is 0. The Morgan fingerprint density at radius 2 is 2.17 bits per heavy atom. The maximum atomic E-state index is 9.45. The van der Waals surface area contributed by atoms with Gasteiger partial charge in [0, 0.05) is 20.6 Å². The molecule has 1 N–H and O–H groups in total. The van der Waals surface area contributed by atoms with Crippen LogP contribution in [0.25, 0.3) is 0 Å². The Balaban J connectivity index is 2.36. The van der Waals surface area contributed by atoms with Gasteiger partial charge in [0.1, 0.15) is 6.10 Å². The molecule has 1 aliphatic rings. The fourth-order valence-corrected chi connectivity index (χ4v) is 1.33. The lowest BCUT2D eigenvalue weighted by molar-refractivity contribution is -0.221. The van der Waals surface area contributed by atoms with Crippen molar-refractivity contribution in [2.24, 2.45) is 0 Å². The summed E-state index contributed by atoms with van der Waals surface area (Å²) >= 11 is 0. The highest BCUT2D eigenvalue weighted by atomic mass is 16.7. The smallest absolute Gasteiger partial charge is 0.157 e. The fourth-order valence-electron chi connectivity index (χ4n) is 1.33. The Morgan fingerprint density at radius 3 is 2.75 bits per heavy atom. The molecule has 72 valence electrons. The van der Waals surface area contributed by atoms with Gasteiger partial charge < -0.3 is 19.3 Å². The normalized spacial score (nSPS) is 36.8. The Labute approximate surface area is 72.4 Å². The van der Waals surface area contributed by atoms with E-state index in [0.717, 1.165) is 6.42 Å². The zero-order chi connectivity index (χ0) is 8.97. The molecule has 0 aromatic rings. The number of aliphatic hydroxyl groups excluding tert-OH is 1. The van der Waals surface area contributed by atoms with Gasteiger partial charge in [-0.25, -0.2) is 0 Å². The second-order valence-electron chi connectivity index (χ2n) is 2.94. The maximum absolute atomic E-state index is 9.45. The van der Waals surface area contributed by atoms with E-state index in [1.807, 2.05) is 0 Å². The van der Waals surface area contributed by atoms with Crippen molar-refractivity contribution >= 4 is 0 Å². The summed E-state index contributed by atoms with van der Waals surface area (Å²) in [5.41, 5.74) is 0. The molecule has 1 saturated heterocycles. The average Bonchev–Trinajstić information content (AvgIpc) is 2.09. The topological polar surface area (TPSA) is 47.9 Å². The quantitative estimate of drug-likeness (QED) is 0.664. The summed E-state index contributed by atoms with van der Waals surface area (Å²) in [5.74, 6) is 0. The van der Waals surface area contributed by atoms with Gasteiger partial charge in [-0.2, -0.15) is 0 Å². The van der Waals surface area contributed by atoms with Crippen LogP contribution < -0.4 is 0 Å². The summed E-state index contributed by atoms with van der Waals surface area (Å²) in [7, 11) is 3.19. The molecule has 0 aromatic heterocycles. The zero-order valence-corrected chi connectivity index (χ0v) is 7.53. The summed E-state index contributed by atoms with van der Waals surface area (Å²) in [4.78, 5) is 0. The number of hydrogen-bond donors (Lipinski definition) is 1. The van der Waals surface area contributed by atoms with E-state index in [1.54, 1.807) is 14.2 Å². The third-order valence-corrected chi connectivity index (χ3v) is 2.05. The number of hydrogen-bond acceptors (Lipinski definition) is 4. The Kier molecular flexibility index (Phi) is 3.94. The molecular formula is C8H16O4. The lowest BCUT2D eigenvalue weighted by atomic mass is 10.1. The van der Waals surface area contributed by atoms with E-state index in [2.05, 4.69) is 0 Å². The molecule has 1 aliphatic heterocycles. The van der Waals surface area contributed by atoms with E-state index in [1.165, 1.54) is 0 Å². The van der Waals surface area contributed by atoms with Crippen LogP contribution in [-0.2, 0) is 14.2 Å². The minimum absolute atomic E-state index is 0.187. The van der Waals surface area contributed by atoms with Crippen molar-refractivity contribution in [1.82, 2.24) is 0 Å². The average molecular weight is 176 g/mol. The molecular weight excluding hydrogens is 160 g/mol. The van der Waals surface area contributed by atoms with Crippen LogP contribution in [0, 0.1) is 0 Å². The molecule has 4 nitrogen and oxygen atoms in total. The molecule has 0 spiro atoms. The number of ether oxygens (including phenoxy) is 3. The highest BCUT2D eigenvalue weighted by Gasteiger charge is 2.29. The first-order valence-electron chi connectivity index (χ1n) is 4.13. The number of aliphatic hydroxyl groups is 1. The summed E-state index contributed by atoms with van der Waals surface area (Å²) in [6.45, 7) is 0.418. The van der Waals surface area contributed by atoms with E-state index in [0.29, 0.717) is 13.0 Å². The van der Waals surface area contributed by atoms with E-state index < -0.39 is 6.10 Å². The van der Waals surface area contributed by atoms with Crippen molar-refractivity contribution in [3.8, 4) is 0 Å². The Bertz CT molecular complexity index is 128. The van der Waals surface area contributed by atoms with Crippen LogP contribution in [0.2, 0.25) is 0 Å². The lowest BCUT2D eigenvalue weighted by Crippen LogP contribution is -2.42. The molecule has 3 atom stereocenters. The predicted octanol–water partition coefficient (Wildman–Crippen LogP) is 0.145. The largest absolute Gasteiger partial charge is 0.390 e. The molecule has 0 aromatic carbocycles. The Morgan fingerprint density at radius 1 is 1.42 bits per heavy atom. The van der Waals surface area contributed by atoms with Gasteiger partial charge in [0.15, 0.2) is 6.29 Å². The van der Waals surface area contributed by atoms with Crippen LogP contribution in [0.3, 0.4) is 0 Å². The van der Waals surface area contributed by atoms with Crippen molar-refractivity contribution < 1.29 is 19.3 Å². The molecule has 1 heterocycles. The molecule has 2 unspecified atom stereocenters. The minimum atomic E-state index is -0.420. The van der Waals surface area contributed by atoms with Gasteiger partial charge in [0.2, 0.25) is 0 Å². The van der Waals surface area contributed by atoms with Crippen LogP contribution in [0.4, 0.5) is 0 Å². The zero-order valence-electron chi connectivity index (χ0n) is 7.53. The lowest BCUT2D eigenvalue weighted by Gasteiger charge is -2.32. The molecule has 0 radical (unpaired) electrons. The van der Waals surface area contributed by atoms with E-state index >= 15 is 0 Å². The molecule has 0 amide bonds. The first-order valence-corrected chi connectivity index (χ1v) is 4.13. The molecule has 1 rings (SSSR count). The van der Waals surface area contributed by atoms with E-state index in [9.17, 15) is 5.11 Å². The van der Waals surface area contributed by atoms with Crippen molar-refractivity contribution in [2.75, 3.05) is 20.8 Å². The minimum Gasteiger partial charge on any atom is -0.390 e. The van der Waals surface area contributed by atoms with Crippen LogP contribution in [0.5, 0.6) is 0 Å². The van der Waals surface area contributed by atoms with Crippen molar-refractivity contribution in [3.63, 3.8) is 0 Å². The van der Waals surface area contributed by atoms with Gasteiger partial charge in [-0.15, -0.1) is 0 Å². The standard InChI is InChI=1S/C8H16O4/c1-10-5-7-6(9)3-4-8(11-2)12-7/h6-9H,3-5H2,1-2H3/t6?,7-,8?/m1/s1. The fraction of sp³-hybridized carbons (Fsp3) is 1.00. The number of methoxy groups -OCH3 is 2. The summed E-state index contributed by atoms with van der Waals surface area (Å²) < 4.78 is 15.3. The van der Waals surface area contributed by atoms with E-state index in [-0.39, 0.29) is 12.4 Å². The molecule has 4 heteroatoms. The Hall–Kier alpha value is -0.160. The SMILES string of the molecule is COC[C@H]1OC(OC)CCC1O. The third kappa shape index (κ3) is 2.42. The monoisotopic (exact) mass is 176 g/mol. The molecule has 12 heavy (non-hydrogen) atoms. The summed E-state index contributed by atoms with van der Waals surface area (Å²) in [5, 5.41) is 9.45. The molecule has 1 fully saturated rings. The van der Waals surface area contributed by atoms with Gasteiger partial charge >= 0.3 is 0 Å². The second kappa shape index (κ2) is 4.77. The maximum Gasteiger partial charge on any atom is 0.157 e. The van der Waals surface area contributed by atoms with Crippen molar-refractivity contribution in [2.45, 2.75) is 31.3 Å². The van der Waals surface area contributed by atoms with Gasteiger partial charge in [-0.05, 0) is 6.42 Å². The van der Waals surface area contributed by atoms with Crippen molar-refractivity contribution in [3.05, 3.63) is 0 Å². The highest BCUT2D eigenvalue weighted by Crippen LogP contribution is 2.19. The van der Waals surface area contributed by atoms with Crippen molar-refractivity contribution in [1.29, 1.82) is 0 Å². The van der Waals surface area contributed by atoms with E-state index in [4.69, 9.17) is 14.2 Å². The van der Waals surface area contributed by atoms with Gasteiger partial charge in [-0.1, -0.05) is 0 Å². The van der Waals surface area contributed by atoms with Crippen LogP contribution in [-0.4, -0.2) is 44.4 Å². The van der Waals surface area contributed by atoms with Crippen LogP contribution in [0.15, 0.2) is 0 Å². The van der Waals surface area contributed by atoms with Crippen LogP contribution in [0.1, 0.15) is 12.8 Å². The van der Waals surface area contributed by atoms with Gasteiger partial charge in [0.25, 0.3) is 0 Å². The van der Waals surface area contributed by atoms with Gasteiger partial charge in [0.05, 0.1) is 12.7 Å². The van der Waals surface area contributed by atoms with Gasteiger partial charge in [-0.3, -0.25) is 0 Å². The highest BCUT2D eigenvalue weighted by molar-refractivity contribution is 4.74. The third-order valence-electron chi connectivity index (χ3n) is 2.05. The predicted molar refractivity (Wildman–Crippen MR) is 42.8 cm³/mol. The van der Waals surface area contributed by atoms with Crippen LogP contribution >= 0.6 is 0 Å². The molecule has 0 saturated carbocycles. The molecule has 0 aliphatic carbocycles. The number of rotatable bonds is 3. The first-order chi connectivity index (χ1) is 5.77. The second-order valence-corrected chi connectivity index (χ2v) is 2.94. The summed E-state index contributed by atoms with van der Waals surface area (Å²) in [6.07, 6.45) is 0.614. The molecule has 0 bridgehead atoms. The first kappa shape index (κ1) is 9.92.